The lowest BCUT2D eigenvalue weighted by Gasteiger charge is -2.13. The van der Waals surface area contributed by atoms with Crippen LogP contribution in [0.4, 0.5) is 0 Å². The predicted octanol–water partition coefficient (Wildman–Crippen LogP) is 4.12. The van der Waals surface area contributed by atoms with Crippen LogP contribution in [0.25, 0.3) is 0 Å². The molecule has 0 heterocycles. The maximum absolute atomic E-state index is 12.1. The Morgan fingerprint density at radius 3 is 2.54 bits per heavy atom. The van der Waals surface area contributed by atoms with Crippen molar-refractivity contribution in [3.63, 3.8) is 0 Å². The number of nitrogens with one attached hydrogen (secondary N) is 1. The van der Waals surface area contributed by atoms with Crippen molar-refractivity contribution < 1.29 is 9.53 Å². The van der Waals surface area contributed by atoms with Gasteiger partial charge in [-0.2, -0.15) is 0 Å². The number of hydrogen-bond acceptors (Lipinski definition) is 2. The van der Waals surface area contributed by atoms with Gasteiger partial charge in [-0.1, -0.05) is 44.2 Å². The molecule has 0 aliphatic heterocycles. The largest absolute Gasteiger partial charge is 0.483 e. The maximum Gasteiger partial charge on any atom is 0.258 e. The number of carbonyl (C=O) groups excluding carboxylic acids is 1. The summed E-state index contributed by atoms with van der Waals surface area (Å²) in [5, 5.41) is 2.97. The van der Waals surface area contributed by atoms with E-state index in [0.717, 1.165) is 29.7 Å². The summed E-state index contributed by atoms with van der Waals surface area (Å²) in [6.07, 6.45) is 1.97. The van der Waals surface area contributed by atoms with Gasteiger partial charge < -0.3 is 10.1 Å². The highest BCUT2D eigenvalue weighted by Crippen LogP contribution is 2.20. The lowest BCUT2D eigenvalue weighted by molar-refractivity contribution is -0.123. The van der Waals surface area contributed by atoms with Crippen LogP contribution in [0, 0.1) is 13.8 Å². The summed E-state index contributed by atoms with van der Waals surface area (Å²) in [6.45, 7) is 8.91. The molecule has 128 valence electrons. The molecule has 0 saturated carbocycles. The molecular formula is C21H27NO2. The third-order valence-electron chi connectivity index (χ3n) is 4.45. The Balaban J connectivity index is 1.93. The molecule has 3 nitrogen and oxygen atoms in total. The monoisotopic (exact) mass is 325 g/mol. The number of carbonyl (C=O) groups is 1. The van der Waals surface area contributed by atoms with Crippen LogP contribution >= 0.6 is 0 Å². The molecule has 3 heteroatoms. The lowest BCUT2D eigenvalue weighted by Crippen LogP contribution is -2.29. The fraction of sp³-hybridized carbons (Fsp3) is 0.381. The van der Waals surface area contributed by atoms with E-state index in [0.29, 0.717) is 6.54 Å². The van der Waals surface area contributed by atoms with E-state index in [4.69, 9.17) is 4.74 Å². The number of hydrogen-bond donors (Lipinski definition) is 1. The molecule has 2 aromatic carbocycles. The second kappa shape index (κ2) is 8.53. The molecule has 0 aliphatic rings. The Hall–Kier alpha value is -2.29. The summed E-state index contributed by atoms with van der Waals surface area (Å²) in [4.78, 5) is 12.1. The van der Waals surface area contributed by atoms with Crippen molar-refractivity contribution >= 4 is 5.91 Å². The minimum atomic E-state index is -0.0974. The summed E-state index contributed by atoms with van der Waals surface area (Å²) < 4.78 is 5.66. The van der Waals surface area contributed by atoms with E-state index in [1.165, 1.54) is 16.7 Å². The van der Waals surface area contributed by atoms with E-state index in [2.05, 4.69) is 37.4 Å². The van der Waals surface area contributed by atoms with E-state index in [1.807, 2.05) is 32.0 Å². The zero-order valence-corrected chi connectivity index (χ0v) is 15.1. The summed E-state index contributed by atoms with van der Waals surface area (Å²) in [6, 6.07) is 12.4. The minimum absolute atomic E-state index is 0.0409. The van der Waals surface area contributed by atoms with Gasteiger partial charge in [0.15, 0.2) is 6.61 Å². The van der Waals surface area contributed by atoms with Crippen LogP contribution < -0.4 is 10.1 Å². The van der Waals surface area contributed by atoms with E-state index in [-0.39, 0.29) is 12.5 Å². The Bertz CT molecular complexity index is 707. The zero-order chi connectivity index (χ0) is 17.5. The number of amides is 1. The Morgan fingerprint density at radius 1 is 1.04 bits per heavy atom. The first-order valence-electron chi connectivity index (χ1n) is 8.61. The SMILES string of the molecule is CCc1ccc(CC)c(CNC(=O)COc2cccc(C)c2C)c1. The molecule has 0 fully saturated rings. The number of ether oxygens (including phenoxy) is 1. The molecule has 0 bridgehead atoms. The van der Waals surface area contributed by atoms with Gasteiger partial charge >= 0.3 is 0 Å². The molecule has 24 heavy (non-hydrogen) atoms. The van der Waals surface area contributed by atoms with E-state index in [9.17, 15) is 4.79 Å². The van der Waals surface area contributed by atoms with Crippen molar-refractivity contribution in [2.24, 2.45) is 0 Å². The average molecular weight is 325 g/mol. The van der Waals surface area contributed by atoms with Gasteiger partial charge in [0, 0.05) is 6.54 Å². The number of rotatable bonds is 7. The second-order valence-corrected chi connectivity index (χ2v) is 6.07. The highest BCUT2D eigenvalue weighted by molar-refractivity contribution is 5.77. The normalized spacial score (nSPS) is 10.5. The van der Waals surface area contributed by atoms with Gasteiger partial charge in [-0.05, 0) is 60.6 Å². The fourth-order valence-electron chi connectivity index (χ4n) is 2.68. The number of benzene rings is 2. The first-order valence-corrected chi connectivity index (χ1v) is 8.61. The first-order chi connectivity index (χ1) is 11.5. The Kier molecular flexibility index (Phi) is 6.42. The smallest absolute Gasteiger partial charge is 0.258 e. The van der Waals surface area contributed by atoms with Gasteiger partial charge in [0.25, 0.3) is 5.91 Å². The van der Waals surface area contributed by atoms with Crippen LogP contribution in [-0.4, -0.2) is 12.5 Å². The predicted molar refractivity (Wildman–Crippen MR) is 98.5 cm³/mol. The standard InChI is InChI=1S/C21H27NO2/c1-5-17-10-11-18(6-2)19(12-17)13-22-21(23)14-24-20-9-7-8-15(3)16(20)4/h7-12H,5-6,13-14H2,1-4H3,(H,22,23). The van der Waals surface area contributed by atoms with Crippen LogP contribution in [0.15, 0.2) is 36.4 Å². The highest BCUT2D eigenvalue weighted by Gasteiger charge is 2.08. The molecule has 0 radical (unpaired) electrons. The van der Waals surface area contributed by atoms with Crippen molar-refractivity contribution in [3.05, 3.63) is 64.2 Å². The quantitative estimate of drug-likeness (QED) is 0.831. The molecule has 0 atom stereocenters. The first kappa shape index (κ1) is 18.1. The molecule has 2 aromatic rings. The van der Waals surface area contributed by atoms with E-state index in [1.54, 1.807) is 0 Å². The van der Waals surface area contributed by atoms with Gasteiger partial charge in [0.2, 0.25) is 0 Å². The molecule has 0 spiro atoms. The highest BCUT2D eigenvalue weighted by atomic mass is 16.5. The summed E-state index contributed by atoms with van der Waals surface area (Å²) >= 11 is 0. The molecule has 1 N–H and O–H groups in total. The molecular weight excluding hydrogens is 298 g/mol. The number of aryl methyl sites for hydroxylation is 3. The summed E-state index contributed by atoms with van der Waals surface area (Å²) in [7, 11) is 0. The van der Waals surface area contributed by atoms with Gasteiger partial charge in [-0.3, -0.25) is 4.79 Å². The van der Waals surface area contributed by atoms with E-state index < -0.39 is 0 Å². The fourth-order valence-corrected chi connectivity index (χ4v) is 2.68. The van der Waals surface area contributed by atoms with Gasteiger partial charge in [-0.25, -0.2) is 0 Å². The van der Waals surface area contributed by atoms with Crippen LogP contribution in [0.2, 0.25) is 0 Å². The third-order valence-corrected chi connectivity index (χ3v) is 4.45. The van der Waals surface area contributed by atoms with Crippen molar-refractivity contribution in [3.8, 4) is 5.75 Å². The van der Waals surface area contributed by atoms with Crippen LogP contribution in [0.1, 0.15) is 41.7 Å². The molecule has 1 amide bonds. The van der Waals surface area contributed by atoms with Crippen molar-refractivity contribution in [2.45, 2.75) is 47.1 Å². The van der Waals surface area contributed by atoms with Crippen LogP contribution in [0.5, 0.6) is 5.75 Å². The maximum atomic E-state index is 12.1. The molecule has 0 aliphatic carbocycles. The van der Waals surface area contributed by atoms with Gasteiger partial charge in [-0.15, -0.1) is 0 Å². The van der Waals surface area contributed by atoms with Crippen molar-refractivity contribution in [2.75, 3.05) is 6.61 Å². The van der Waals surface area contributed by atoms with E-state index >= 15 is 0 Å². The zero-order valence-electron chi connectivity index (χ0n) is 15.1. The second-order valence-electron chi connectivity index (χ2n) is 6.07. The Morgan fingerprint density at radius 2 is 1.83 bits per heavy atom. The molecule has 0 aromatic heterocycles. The van der Waals surface area contributed by atoms with Crippen molar-refractivity contribution in [1.29, 1.82) is 0 Å². The summed E-state index contributed by atoms with van der Waals surface area (Å²) in [5.41, 5.74) is 6.01. The Labute approximate surface area is 145 Å². The van der Waals surface area contributed by atoms with Gasteiger partial charge in [0.1, 0.15) is 5.75 Å². The molecule has 2 rings (SSSR count). The van der Waals surface area contributed by atoms with Gasteiger partial charge in [0.05, 0.1) is 0 Å². The topological polar surface area (TPSA) is 38.3 Å². The summed E-state index contributed by atoms with van der Waals surface area (Å²) in [5.74, 6) is 0.673. The molecule has 0 saturated heterocycles. The van der Waals surface area contributed by atoms with Crippen LogP contribution in [-0.2, 0) is 24.2 Å². The third kappa shape index (κ3) is 4.60. The lowest BCUT2D eigenvalue weighted by atomic mass is 10.0. The minimum Gasteiger partial charge on any atom is -0.483 e. The van der Waals surface area contributed by atoms with Crippen molar-refractivity contribution in [1.82, 2.24) is 5.32 Å². The average Bonchev–Trinajstić information content (AvgIpc) is 2.60. The molecule has 0 unspecified atom stereocenters. The van der Waals surface area contributed by atoms with Crippen LogP contribution in [0.3, 0.4) is 0 Å².